The molecule has 1 saturated carbocycles. The summed E-state index contributed by atoms with van der Waals surface area (Å²) in [6, 6.07) is 3.67. The minimum atomic E-state index is 0.0647. The summed E-state index contributed by atoms with van der Waals surface area (Å²) in [5.41, 5.74) is 3.40. The molecule has 2 unspecified atom stereocenters. The van der Waals surface area contributed by atoms with E-state index in [1.165, 1.54) is 83.5 Å². The highest BCUT2D eigenvalue weighted by Crippen LogP contribution is 2.42. The predicted molar refractivity (Wildman–Crippen MR) is 116 cm³/mol. The molecule has 4 nitrogen and oxygen atoms in total. The van der Waals surface area contributed by atoms with E-state index in [9.17, 15) is 4.79 Å². The summed E-state index contributed by atoms with van der Waals surface area (Å²) in [6.45, 7) is 4.12. The number of nitrogens with zero attached hydrogens (tertiary/aromatic N) is 1. The number of carbonyl (C=O) groups is 1. The average Bonchev–Trinajstić information content (AvgIpc) is 3.26. The number of nitrogens with one attached hydrogen (secondary N) is 1. The first-order valence-electron chi connectivity index (χ1n) is 11.6. The summed E-state index contributed by atoms with van der Waals surface area (Å²) in [6.07, 6.45) is 20.4. The zero-order chi connectivity index (χ0) is 20.0. The van der Waals surface area contributed by atoms with Crippen LogP contribution < -0.4 is 5.43 Å². The molecule has 0 bridgehead atoms. The number of hydrazone groups is 1. The maximum absolute atomic E-state index is 12.2. The van der Waals surface area contributed by atoms with Crippen molar-refractivity contribution in [3.05, 3.63) is 24.2 Å². The van der Waals surface area contributed by atoms with Crippen LogP contribution in [0.4, 0.5) is 0 Å². The van der Waals surface area contributed by atoms with Crippen LogP contribution in [-0.4, -0.2) is 11.6 Å². The lowest BCUT2D eigenvalue weighted by molar-refractivity contribution is -0.122. The van der Waals surface area contributed by atoms with Crippen molar-refractivity contribution >= 4 is 11.6 Å². The van der Waals surface area contributed by atoms with E-state index >= 15 is 0 Å². The van der Waals surface area contributed by atoms with E-state index in [0.717, 1.165) is 6.42 Å². The van der Waals surface area contributed by atoms with Gasteiger partial charge in [-0.1, -0.05) is 84.0 Å². The van der Waals surface area contributed by atoms with Crippen molar-refractivity contribution in [1.82, 2.24) is 5.43 Å². The Morgan fingerprint density at radius 1 is 1.04 bits per heavy atom. The minimum absolute atomic E-state index is 0.0647. The molecule has 0 aliphatic heterocycles. The maximum atomic E-state index is 12.2. The van der Waals surface area contributed by atoms with E-state index in [-0.39, 0.29) is 11.8 Å². The highest BCUT2D eigenvalue weighted by atomic mass is 16.3. The number of hydrogen-bond donors (Lipinski definition) is 1. The van der Waals surface area contributed by atoms with Gasteiger partial charge in [-0.05, 0) is 37.8 Å². The van der Waals surface area contributed by atoms with Crippen LogP contribution in [0.25, 0.3) is 0 Å². The highest BCUT2D eigenvalue weighted by molar-refractivity contribution is 5.97. The number of rotatable bonds is 16. The van der Waals surface area contributed by atoms with E-state index in [4.69, 9.17) is 4.42 Å². The Morgan fingerprint density at radius 2 is 1.64 bits per heavy atom. The van der Waals surface area contributed by atoms with Crippen LogP contribution >= 0.6 is 0 Å². The van der Waals surface area contributed by atoms with Crippen LogP contribution in [0.1, 0.15) is 109 Å². The molecule has 158 valence electrons. The topological polar surface area (TPSA) is 54.6 Å². The third-order valence-electron chi connectivity index (χ3n) is 5.90. The number of unbranched alkanes of at least 4 members (excludes halogenated alkanes) is 11. The van der Waals surface area contributed by atoms with Gasteiger partial charge in [0, 0.05) is 5.92 Å². The van der Waals surface area contributed by atoms with E-state index in [1.807, 2.05) is 19.1 Å². The number of hydrogen-bond acceptors (Lipinski definition) is 3. The normalized spacial score (nSPS) is 19.0. The summed E-state index contributed by atoms with van der Waals surface area (Å²) < 4.78 is 5.27. The molecule has 2 atom stereocenters. The first kappa shape index (κ1) is 22.7. The van der Waals surface area contributed by atoms with Gasteiger partial charge in [0.15, 0.2) is 0 Å². The van der Waals surface area contributed by atoms with Gasteiger partial charge in [-0.25, -0.2) is 5.43 Å². The van der Waals surface area contributed by atoms with Crippen LogP contribution in [0.5, 0.6) is 0 Å². The molecule has 1 fully saturated rings. The van der Waals surface area contributed by atoms with Gasteiger partial charge >= 0.3 is 0 Å². The monoisotopic (exact) mass is 388 g/mol. The summed E-state index contributed by atoms with van der Waals surface area (Å²) in [5, 5.41) is 4.15. The van der Waals surface area contributed by atoms with Gasteiger partial charge in [-0.2, -0.15) is 5.10 Å². The van der Waals surface area contributed by atoms with Crippen molar-refractivity contribution in [2.45, 2.75) is 104 Å². The lowest BCUT2D eigenvalue weighted by atomic mass is 10.0. The fraction of sp³-hybridized carbons (Fsp3) is 0.750. The fourth-order valence-corrected chi connectivity index (χ4v) is 3.90. The molecule has 1 aromatic rings. The van der Waals surface area contributed by atoms with Crippen LogP contribution in [-0.2, 0) is 4.79 Å². The maximum Gasteiger partial charge on any atom is 0.243 e. The van der Waals surface area contributed by atoms with Crippen molar-refractivity contribution < 1.29 is 9.21 Å². The Hall–Kier alpha value is -1.58. The van der Waals surface area contributed by atoms with Gasteiger partial charge < -0.3 is 4.42 Å². The van der Waals surface area contributed by atoms with Crippen LogP contribution in [0.2, 0.25) is 0 Å². The molecule has 0 radical (unpaired) electrons. The Labute approximate surface area is 171 Å². The molecule has 28 heavy (non-hydrogen) atoms. The third kappa shape index (κ3) is 9.07. The van der Waals surface area contributed by atoms with E-state index < -0.39 is 0 Å². The van der Waals surface area contributed by atoms with Gasteiger partial charge in [-0.3, -0.25) is 4.79 Å². The van der Waals surface area contributed by atoms with Gasteiger partial charge in [0.05, 0.1) is 6.26 Å². The van der Waals surface area contributed by atoms with Gasteiger partial charge in [0.25, 0.3) is 0 Å². The van der Waals surface area contributed by atoms with Gasteiger partial charge in [-0.15, -0.1) is 0 Å². The lowest BCUT2D eigenvalue weighted by Crippen LogP contribution is -2.21. The molecule has 0 spiro atoms. The molecule has 0 saturated heterocycles. The third-order valence-corrected chi connectivity index (χ3v) is 5.90. The second-order valence-electron chi connectivity index (χ2n) is 8.43. The highest BCUT2D eigenvalue weighted by Gasteiger charge is 2.42. The molecule has 1 N–H and O–H groups in total. The smallest absolute Gasteiger partial charge is 0.243 e. The van der Waals surface area contributed by atoms with E-state index in [0.29, 0.717) is 17.4 Å². The molecule has 1 aromatic heterocycles. The van der Waals surface area contributed by atoms with Crippen molar-refractivity contribution in [2.24, 2.45) is 16.9 Å². The molecule has 1 amide bonds. The Kier molecular flexibility index (Phi) is 11.0. The largest absolute Gasteiger partial charge is 0.463 e. The number of amides is 1. The van der Waals surface area contributed by atoms with Gasteiger partial charge in [0.2, 0.25) is 5.91 Å². The zero-order valence-corrected chi connectivity index (χ0v) is 18.0. The molecule has 1 aliphatic carbocycles. The van der Waals surface area contributed by atoms with Crippen LogP contribution in [0.15, 0.2) is 27.9 Å². The Bertz CT molecular complexity index is 565. The van der Waals surface area contributed by atoms with E-state index in [2.05, 4.69) is 17.5 Å². The summed E-state index contributed by atoms with van der Waals surface area (Å²) in [7, 11) is 0. The molecular weight excluding hydrogens is 348 g/mol. The van der Waals surface area contributed by atoms with Crippen molar-refractivity contribution in [2.75, 3.05) is 0 Å². The molecular formula is C24H40N2O2. The number of carbonyl (C=O) groups excluding carboxylic acids is 1. The quantitative estimate of drug-likeness (QED) is 0.191. The van der Waals surface area contributed by atoms with E-state index in [1.54, 1.807) is 6.26 Å². The van der Waals surface area contributed by atoms with Crippen LogP contribution in [0, 0.1) is 11.8 Å². The SMILES string of the molecule is CCCCCCCCCCCCCCC1CC1C(=O)N/N=C(\C)c1ccco1. The second-order valence-corrected chi connectivity index (χ2v) is 8.43. The standard InChI is InChI=1S/C24H40N2O2/c1-3-4-5-6-7-8-9-10-11-12-13-14-16-21-19-22(21)24(27)26-25-20(2)23-17-15-18-28-23/h15,17-18,21-22H,3-14,16,19H2,1-2H3,(H,26,27)/b25-20+. The predicted octanol–water partition coefficient (Wildman–Crippen LogP) is 6.85. The first-order valence-corrected chi connectivity index (χ1v) is 11.6. The molecule has 0 aromatic carbocycles. The fourth-order valence-electron chi connectivity index (χ4n) is 3.90. The average molecular weight is 389 g/mol. The van der Waals surface area contributed by atoms with Crippen molar-refractivity contribution in [3.63, 3.8) is 0 Å². The zero-order valence-electron chi connectivity index (χ0n) is 18.0. The van der Waals surface area contributed by atoms with Crippen molar-refractivity contribution in [1.29, 1.82) is 0 Å². The molecule has 1 aliphatic rings. The Morgan fingerprint density at radius 3 is 2.21 bits per heavy atom. The lowest BCUT2D eigenvalue weighted by Gasteiger charge is -2.03. The van der Waals surface area contributed by atoms with Crippen LogP contribution in [0.3, 0.4) is 0 Å². The number of furan rings is 1. The molecule has 1 heterocycles. The minimum Gasteiger partial charge on any atom is -0.463 e. The molecule has 4 heteroatoms. The van der Waals surface area contributed by atoms with Gasteiger partial charge in [0.1, 0.15) is 11.5 Å². The second kappa shape index (κ2) is 13.6. The summed E-state index contributed by atoms with van der Waals surface area (Å²) >= 11 is 0. The molecule has 2 rings (SSSR count). The van der Waals surface area contributed by atoms with Crippen molar-refractivity contribution in [3.8, 4) is 0 Å². The summed E-state index contributed by atoms with van der Waals surface area (Å²) in [5.74, 6) is 1.50. The summed E-state index contributed by atoms with van der Waals surface area (Å²) in [4.78, 5) is 12.2. The Balaban J connectivity index is 1.40. The first-order chi connectivity index (χ1) is 13.7.